The molecule has 0 unspecified atom stereocenters. The molecule has 0 spiro atoms. The number of carbonyl (C=O) groups excluding carboxylic acids is 3. The summed E-state index contributed by atoms with van der Waals surface area (Å²) in [6.07, 6.45) is 1.04. The Kier molecular flexibility index (Phi) is 8.16. The molecular formula is C25H23BrN2O4. The summed E-state index contributed by atoms with van der Waals surface area (Å²) in [4.78, 5) is 35.9. The van der Waals surface area contributed by atoms with E-state index in [2.05, 4.69) is 26.6 Å². The van der Waals surface area contributed by atoms with E-state index in [4.69, 9.17) is 4.74 Å². The van der Waals surface area contributed by atoms with Crippen molar-refractivity contribution in [3.05, 3.63) is 94.0 Å². The molecule has 6 nitrogen and oxygen atoms in total. The topological polar surface area (TPSA) is 84.5 Å². The number of amides is 2. The minimum Gasteiger partial charge on any atom is -0.427 e. The third kappa shape index (κ3) is 7.06. The average molecular weight is 495 g/mol. The smallest absolute Gasteiger partial charge is 0.308 e. The second-order valence-corrected chi connectivity index (χ2v) is 8.00. The van der Waals surface area contributed by atoms with E-state index in [-0.39, 0.29) is 11.8 Å². The first kappa shape index (κ1) is 23.2. The first-order valence-corrected chi connectivity index (χ1v) is 10.9. The first-order valence-electron chi connectivity index (χ1n) is 10.1. The predicted molar refractivity (Wildman–Crippen MR) is 126 cm³/mol. The van der Waals surface area contributed by atoms with Crippen LogP contribution in [0.1, 0.15) is 34.8 Å². The quantitative estimate of drug-likeness (QED) is 0.345. The Morgan fingerprint density at radius 1 is 0.938 bits per heavy atom. The highest BCUT2D eigenvalue weighted by Crippen LogP contribution is 2.18. The van der Waals surface area contributed by atoms with Crippen molar-refractivity contribution in [1.82, 2.24) is 5.32 Å². The number of carbonyl (C=O) groups is 3. The standard InChI is InChI=1S/C25H23BrN2O4/c1-17(29)32-22-10-5-8-20(15-22)25(31)28-21-9-4-6-18(14-21)16-27-24(30)13-12-19-7-2-3-11-23(19)26/h2-11,14-15H,12-13,16H2,1H3,(H,27,30)(H,28,31). The Hall–Kier alpha value is -3.45. The van der Waals surface area contributed by atoms with Crippen LogP contribution in [-0.2, 0) is 22.6 Å². The fourth-order valence-corrected chi connectivity index (χ4v) is 3.55. The Morgan fingerprint density at radius 3 is 2.50 bits per heavy atom. The number of esters is 1. The highest BCUT2D eigenvalue weighted by molar-refractivity contribution is 9.10. The largest absolute Gasteiger partial charge is 0.427 e. The molecule has 164 valence electrons. The van der Waals surface area contributed by atoms with Crippen LogP contribution in [0.2, 0.25) is 0 Å². The van der Waals surface area contributed by atoms with E-state index in [1.165, 1.54) is 13.0 Å². The van der Waals surface area contributed by atoms with Gasteiger partial charge in [0.2, 0.25) is 5.91 Å². The molecule has 2 N–H and O–H groups in total. The van der Waals surface area contributed by atoms with Gasteiger partial charge in [-0.15, -0.1) is 0 Å². The number of nitrogens with one attached hydrogen (secondary N) is 2. The zero-order valence-corrected chi connectivity index (χ0v) is 19.1. The van der Waals surface area contributed by atoms with Gasteiger partial charge in [-0.2, -0.15) is 0 Å². The minimum atomic E-state index is -0.450. The van der Waals surface area contributed by atoms with Gasteiger partial charge < -0.3 is 15.4 Å². The van der Waals surface area contributed by atoms with Crippen molar-refractivity contribution in [2.75, 3.05) is 5.32 Å². The van der Waals surface area contributed by atoms with Gasteiger partial charge in [-0.1, -0.05) is 52.3 Å². The normalized spacial score (nSPS) is 10.3. The van der Waals surface area contributed by atoms with Crippen LogP contribution >= 0.6 is 15.9 Å². The van der Waals surface area contributed by atoms with Crippen molar-refractivity contribution in [3.63, 3.8) is 0 Å². The lowest BCUT2D eigenvalue weighted by atomic mass is 10.1. The third-order valence-corrected chi connectivity index (χ3v) is 5.39. The zero-order valence-electron chi connectivity index (χ0n) is 17.6. The first-order chi connectivity index (χ1) is 15.4. The maximum Gasteiger partial charge on any atom is 0.308 e. The van der Waals surface area contributed by atoms with E-state index >= 15 is 0 Å². The molecule has 0 saturated carbocycles. The van der Waals surface area contributed by atoms with Gasteiger partial charge in [-0.3, -0.25) is 14.4 Å². The molecule has 3 rings (SSSR count). The molecule has 7 heteroatoms. The van der Waals surface area contributed by atoms with Gasteiger partial charge in [0.15, 0.2) is 0 Å². The highest BCUT2D eigenvalue weighted by atomic mass is 79.9. The second kappa shape index (κ2) is 11.2. The molecule has 2 amide bonds. The Bertz CT molecular complexity index is 1130. The number of rotatable bonds is 8. The molecule has 0 aromatic heterocycles. The lowest BCUT2D eigenvalue weighted by Gasteiger charge is -2.10. The zero-order chi connectivity index (χ0) is 22.9. The number of halogens is 1. The van der Waals surface area contributed by atoms with E-state index in [0.717, 1.165) is 15.6 Å². The van der Waals surface area contributed by atoms with E-state index in [1.54, 1.807) is 24.3 Å². The van der Waals surface area contributed by atoms with Gasteiger partial charge >= 0.3 is 5.97 Å². The number of benzene rings is 3. The van der Waals surface area contributed by atoms with Gasteiger partial charge in [-0.25, -0.2) is 0 Å². The minimum absolute atomic E-state index is 0.0440. The molecule has 0 bridgehead atoms. The summed E-state index contributed by atoms with van der Waals surface area (Å²) in [7, 11) is 0. The van der Waals surface area contributed by atoms with Crippen molar-refractivity contribution < 1.29 is 19.1 Å². The molecule has 0 radical (unpaired) electrons. The van der Waals surface area contributed by atoms with E-state index < -0.39 is 5.97 Å². The maximum absolute atomic E-state index is 12.6. The summed E-state index contributed by atoms with van der Waals surface area (Å²) in [5.74, 6) is -0.510. The Balaban J connectivity index is 1.54. The summed E-state index contributed by atoms with van der Waals surface area (Å²) in [5, 5.41) is 5.73. The fourth-order valence-electron chi connectivity index (χ4n) is 3.07. The van der Waals surface area contributed by atoms with E-state index in [9.17, 15) is 14.4 Å². The Morgan fingerprint density at radius 2 is 1.72 bits per heavy atom. The van der Waals surface area contributed by atoms with Crippen LogP contribution in [0.25, 0.3) is 0 Å². The van der Waals surface area contributed by atoms with Crippen molar-refractivity contribution in [2.24, 2.45) is 0 Å². The van der Waals surface area contributed by atoms with Crippen molar-refractivity contribution in [2.45, 2.75) is 26.3 Å². The molecule has 32 heavy (non-hydrogen) atoms. The highest BCUT2D eigenvalue weighted by Gasteiger charge is 2.09. The molecule has 0 aliphatic heterocycles. The number of anilines is 1. The Labute approximate surface area is 195 Å². The molecule has 0 atom stereocenters. The molecular weight excluding hydrogens is 472 g/mol. The molecule has 3 aromatic carbocycles. The molecule has 0 aliphatic rings. The van der Waals surface area contributed by atoms with Crippen LogP contribution in [-0.4, -0.2) is 17.8 Å². The van der Waals surface area contributed by atoms with Crippen molar-refractivity contribution in [3.8, 4) is 5.75 Å². The van der Waals surface area contributed by atoms with Crippen LogP contribution in [0.4, 0.5) is 5.69 Å². The SMILES string of the molecule is CC(=O)Oc1cccc(C(=O)Nc2cccc(CNC(=O)CCc3ccccc3Br)c2)c1. The summed E-state index contributed by atoms with van der Waals surface area (Å²) < 4.78 is 6.02. The molecule has 0 aliphatic carbocycles. The lowest BCUT2D eigenvalue weighted by molar-refractivity contribution is -0.131. The van der Waals surface area contributed by atoms with Crippen LogP contribution in [0.15, 0.2) is 77.3 Å². The van der Waals surface area contributed by atoms with Gasteiger partial charge in [0.1, 0.15) is 5.75 Å². The van der Waals surface area contributed by atoms with Crippen molar-refractivity contribution >= 4 is 39.4 Å². The monoisotopic (exact) mass is 494 g/mol. The van der Waals surface area contributed by atoms with Gasteiger partial charge in [0.25, 0.3) is 5.91 Å². The third-order valence-electron chi connectivity index (χ3n) is 4.61. The summed E-state index contributed by atoms with van der Waals surface area (Å²) in [6, 6.07) is 21.5. The molecule has 0 fully saturated rings. The summed E-state index contributed by atoms with van der Waals surface area (Å²) in [5.41, 5.74) is 2.93. The molecule has 0 heterocycles. The lowest BCUT2D eigenvalue weighted by Crippen LogP contribution is -2.23. The summed E-state index contributed by atoms with van der Waals surface area (Å²) >= 11 is 3.49. The average Bonchev–Trinajstić information content (AvgIpc) is 2.77. The van der Waals surface area contributed by atoms with Gasteiger partial charge in [0, 0.05) is 35.6 Å². The van der Waals surface area contributed by atoms with E-state index in [0.29, 0.717) is 36.4 Å². The fraction of sp³-hybridized carbons (Fsp3) is 0.160. The van der Waals surface area contributed by atoms with Crippen LogP contribution in [0.5, 0.6) is 5.75 Å². The van der Waals surface area contributed by atoms with Gasteiger partial charge in [-0.05, 0) is 53.9 Å². The second-order valence-electron chi connectivity index (χ2n) is 7.14. The van der Waals surface area contributed by atoms with Crippen LogP contribution in [0, 0.1) is 0 Å². The summed E-state index contributed by atoms with van der Waals surface area (Å²) in [6.45, 7) is 1.66. The number of aryl methyl sites for hydroxylation is 1. The molecule has 0 saturated heterocycles. The van der Waals surface area contributed by atoms with Gasteiger partial charge in [0.05, 0.1) is 0 Å². The van der Waals surface area contributed by atoms with E-state index in [1.807, 2.05) is 42.5 Å². The number of hydrogen-bond acceptors (Lipinski definition) is 4. The van der Waals surface area contributed by atoms with Crippen LogP contribution < -0.4 is 15.4 Å². The number of ether oxygens (including phenoxy) is 1. The van der Waals surface area contributed by atoms with Crippen LogP contribution in [0.3, 0.4) is 0 Å². The maximum atomic E-state index is 12.6. The van der Waals surface area contributed by atoms with Crippen molar-refractivity contribution in [1.29, 1.82) is 0 Å². The molecule has 3 aromatic rings. The number of hydrogen-bond donors (Lipinski definition) is 2. The predicted octanol–water partition coefficient (Wildman–Crippen LogP) is 4.88.